The maximum Gasteiger partial charge on any atom is 0.186 e. The summed E-state index contributed by atoms with van der Waals surface area (Å²) in [7, 11) is 0. The molecular weight excluding hydrogens is 108 g/mol. The van der Waals surface area contributed by atoms with Gasteiger partial charge in [0.15, 0.2) is 11.1 Å². The molecule has 0 amide bonds. The molecule has 0 aromatic carbocycles. The van der Waals surface area contributed by atoms with Gasteiger partial charge in [0.25, 0.3) is 0 Å². The van der Waals surface area contributed by atoms with E-state index in [1.54, 1.807) is 6.92 Å². The Hall–Kier alpha value is -0.640. The first-order valence-electron chi connectivity index (χ1n) is 2.42. The first kappa shape index (κ1) is 7.36. The zero-order valence-corrected chi connectivity index (χ0v) is 5.05. The number of rotatable bonds is 3. The molecule has 0 aliphatic carbocycles. The molecule has 0 bridgehead atoms. The predicted molar refractivity (Wildman–Crippen MR) is 29.8 cm³/mol. The zero-order chi connectivity index (χ0) is 6.62. The van der Waals surface area contributed by atoms with Crippen molar-refractivity contribution >= 4 is 0 Å². The summed E-state index contributed by atoms with van der Waals surface area (Å²) >= 11 is 0. The lowest BCUT2D eigenvalue weighted by Gasteiger charge is -2.16. The van der Waals surface area contributed by atoms with E-state index in [2.05, 4.69) is 10.2 Å². The molecule has 4 nitrogen and oxygen atoms in total. The Labute approximate surface area is 47.9 Å². The summed E-state index contributed by atoms with van der Waals surface area (Å²) in [5.74, 6) is 0. The van der Waals surface area contributed by atoms with Crippen LogP contribution in [-0.2, 0) is 4.84 Å². The Kier molecular flexibility index (Phi) is 2.41. The molecule has 8 heavy (non-hydrogen) atoms. The van der Waals surface area contributed by atoms with E-state index in [4.69, 9.17) is 5.73 Å². The summed E-state index contributed by atoms with van der Waals surface area (Å²) < 4.78 is 0. The molecule has 0 rings (SSSR count). The Balaban J connectivity index is 3.53. The second-order valence-corrected chi connectivity index (χ2v) is 1.83. The standard InChI is InChI=1S/C4H10N2O2/c1-3-4(2,5)8-6-7/h3,5H2,1-2H3. The number of nitrogens with two attached hydrogens (primary N) is 1. The summed E-state index contributed by atoms with van der Waals surface area (Å²) in [6.07, 6.45) is 0.568. The van der Waals surface area contributed by atoms with Gasteiger partial charge < -0.3 is 4.84 Å². The first-order chi connectivity index (χ1) is 3.62. The third kappa shape index (κ3) is 2.52. The van der Waals surface area contributed by atoms with E-state index in [1.807, 2.05) is 6.92 Å². The van der Waals surface area contributed by atoms with Crippen molar-refractivity contribution in [2.24, 2.45) is 11.1 Å². The van der Waals surface area contributed by atoms with Crippen molar-refractivity contribution in [2.45, 2.75) is 26.0 Å². The number of hydrogen-bond donors (Lipinski definition) is 1. The van der Waals surface area contributed by atoms with Crippen LogP contribution in [0, 0.1) is 4.91 Å². The highest BCUT2D eigenvalue weighted by Crippen LogP contribution is 2.05. The predicted octanol–water partition coefficient (Wildman–Crippen LogP) is 0.769. The maximum absolute atomic E-state index is 9.43. The summed E-state index contributed by atoms with van der Waals surface area (Å²) in [5, 5.41) is 2.20. The molecule has 0 aromatic rings. The molecular formula is C4H10N2O2. The van der Waals surface area contributed by atoms with E-state index in [-0.39, 0.29) is 0 Å². The average Bonchev–Trinajstić information content (AvgIpc) is 1.67. The average molecular weight is 118 g/mol. The second kappa shape index (κ2) is 2.61. The first-order valence-corrected chi connectivity index (χ1v) is 2.42. The Bertz CT molecular complexity index is 82.1. The molecule has 4 heteroatoms. The van der Waals surface area contributed by atoms with Crippen LogP contribution in [0.5, 0.6) is 0 Å². The van der Waals surface area contributed by atoms with E-state index in [1.165, 1.54) is 0 Å². The molecule has 0 heterocycles. The van der Waals surface area contributed by atoms with Gasteiger partial charge >= 0.3 is 0 Å². The van der Waals surface area contributed by atoms with Crippen LogP contribution in [0.15, 0.2) is 5.34 Å². The topological polar surface area (TPSA) is 64.7 Å². The van der Waals surface area contributed by atoms with Crippen LogP contribution in [0.1, 0.15) is 20.3 Å². The van der Waals surface area contributed by atoms with E-state index in [9.17, 15) is 4.91 Å². The van der Waals surface area contributed by atoms with Gasteiger partial charge in [-0.1, -0.05) is 6.92 Å². The normalized spacial score (nSPS) is 16.9. The SMILES string of the molecule is CCC(C)(N)ON=O. The van der Waals surface area contributed by atoms with Crippen molar-refractivity contribution < 1.29 is 4.84 Å². The van der Waals surface area contributed by atoms with Gasteiger partial charge in [0.2, 0.25) is 0 Å². The molecule has 0 saturated carbocycles. The van der Waals surface area contributed by atoms with E-state index < -0.39 is 5.72 Å². The fourth-order valence-corrected chi connectivity index (χ4v) is 0.150. The van der Waals surface area contributed by atoms with Crippen molar-refractivity contribution in [3.8, 4) is 0 Å². The molecule has 0 fully saturated rings. The third-order valence-electron chi connectivity index (χ3n) is 0.948. The number of hydrogen-bond acceptors (Lipinski definition) is 4. The number of nitrogens with zero attached hydrogens (tertiary/aromatic N) is 1. The molecule has 1 unspecified atom stereocenters. The Morgan fingerprint density at radius 3 is 2.50 bits per heavy atom. The monoisotopic (exact) mass is 118 g/mol. The highest BCUT2D eigenvalue weighted by atomic mass is 16.7. The molecule has 0 aromatic heterocycles. The molecule has 0 aliphatic rings. The van der Waals surface area contributed by atoms with E-state index in [0.717, 1.165) is 0 Å². The smallest absolute Gasteiger partial charge is 0.186 e. The van der Waals surface area contributed by atoms with E-state index >= 15 is 0 Å². The molecule has 1 atom stereocenters. The van der Waals surface area contributed by atoms with Crippen molar-refractivity contribution in [3.63, 3.8) is 0 Å². The van der Waals surface area contributed by atoms with Crippen LogP contribution in [0.3, 0.4) is 0 Å². The van der Waals surface area contributed by atoms with Crippen molar-refractivity contribution in [2.75, 3.05) is 0 Å². The lowest BCUT2D eigenvalue weighted by atomic mass is 10.2. The minimum absolute atomic E-state index is 0.568. The van der Waals surface area contributed by atoms with Gasteiger partial charge in [-0.3, -0.25) is 5.73 Å². The lowest BCUT2D eigenvalue weighted by molar-refractivity contribution is -0.0297. The quantitative estimate of drug-likeness (QED) is 0.338. The summed E-state index contributed by atoms with van der Waals surface area (Å²) in [6, 6.07) is 0. The molecule has 2 N–H and O–H groups in total. The van der Waals surface area contributed by atoms with Crippen LogP contribution in [0.2, 0.25) is 0 Å². The molecule has 0 aliphatic heterocycles. The second-order valence-electron chi connectivity index (χ2n) is 1.83. The fraction of sp³-hybridized carbons (Fsp3) is 1.00. The summed E-state index contributed by atoms with van der Waals surface area (Å²) in [4.78, 5) is 13.7. The van der Waals surface area contributed by atoms with Crippen LogP contribution >= 0.6 is 0 Å². The van der Waals surface area contributed by atoms with Crippen molar-refractivity contribution in [3.05, 3.63) is 4.91 Å². The Morgan fingerprint density at radius 2 is 2.38 bits per heavy atom. The van der Waals surface area contributed by atoms with Gasteiger partial charge in [-0.25, -0.2) is 0 Å². The lowest BCUT2D eigenvalue weighted by Crippen LogP contribution is -2.36. The highest BCUT2D eigenvalue weighted by Gasteiger charge is 2.16. The van der Waals surface area contributed by atoms with Crippen LogP contribution in [-0.4, -0.2) is 5.72 Å². The van der Waals surface area contributed by atoms with Crippen LogP contribution < -0.4 is 5.73 Å². The van der Waals surface area contributed by atoms with Gasteiger partial charge in [-0.05, 0) is 6.92 Å². The van der Waals surface area contributed by atoms with E-state index in [0.29, 0.717) is 6.42 Å². The summed E-state index contributed by atoms with van der Waals surface area (Å²) in [5.41, 5.74) is 4.42. The van der Waals surface area contributed by atoms with Gasteiger partial charge in [0.1, 0.15) is 0 Å². The maximum atomic E-state index is 9.43. The van der Waals surface area contributed by atoms with Crippen LogP contribution in [0.25, 0.3) is 0 Å². The van der Waals surface area contributed by atoms with Crippen molar-refractivity contribution in [1.29, 1.82) is 0 Å². The third-order valence-corrected chi connectivity index (χ3v) is 0.948. The Morgan fingerprint density at radius 1 is 1.88 bits per heavy atom. The molecule has 0 radical (unpaired) electrons. The van der Waals surface area contributed by atoms with Gasteiger partial charge in [-0.2, -0.15) is 0 Å². The highest BCUT2D eigenvalue weighted by molar-refractivity contribution is 4.60. The molecule has 0 saturated heterocycles. The largest absolute Gasteiger partial charge is 0.342 e. The molecule has 0 spiro atoms. The van der Waals surface area contributed by atoms with Gasteiger partial charge in [0, 0.05) is 6.42 Å². The minimum atomic E-state index is -0.887. The van der Waals surface area contributed by atoms with Crippen LogP contribution in [0.4, 0.5) is 0 Å². The minimum Gasteiger partial charge on any atom is -0.342 e. The summed E-state index contributed by atoms with van der Waals surface area (Å²) in [6.45, 7) is 3.40. The zero-order valence-electron chi connectivity index (χ0n) is 5.05. The van der Waals surface area contributed by atoms with Crippen molar-refractivity contribution in [1.82, 2.24) is 0 Å². The van der Waals surface area contributed by atoms with Gasteiger partial charge in [-0.15, -0.1) is 4.91 Å². The fourth-order valence-electron chi connectivity index (χ4n) is 0.150. The molecule has 48 valence electrons. The van der Waals surface area contributed by atoms with Gasteiger partial charge in [0.05, 0.1) is 0 Å².